The Balaban J connectivity index is 1.87. The highest BCUT2D eigenvalue weighted by molar-refractivity contribution is 7.54. The van der Waals surface area contributed by atoms with Gasteiger partial charge in [-0.15, -0.1) is 0 Å². The third-order valence-corrected chi connectivity index (χ3v) is 8.16. The quantitative estimate of drug-likeness (QED) is 0.139. The van der Waals surface area contributed by atoms with E-state index < -0.39 is 31.3 Å². The molecule has 0 radical (unpaired) electrons. The summed E-state index contributed by atoms with van der Waals surface area (Å²) < 4.78 is 36.0. The van der Waals surface area contributed by atoms with E-state index in [4.69, 9.17) is 18.5 Å². The van der Waals surface area contributed by atoms with Gasteiger partial charge in [0, 0.05) is 13.1 Å². The van der Waals surface area contributed by atoms with Gasteiger partial charge < -0.3 is 29.2 Å². The minimum atomic E-state index is -3.29. The monoisotopic (exact) mass is 530 g/mol. The van der Waals surface area contributed by atoms with Gasteiger partial charge in [0.2, 0.25) is 0 Å². The Hall–Kier alpha value is -1.41. The molecule has 10 heteroatoms. The molecule has 0 aromatic heterocycles. The second kappa shape index (κ2) is 15.8. The van der Waals surface area contributed by atoms with E-state index in [-0.39, 0.29) is 18.4 Å². The van der Waals surface area contributed by atoms with Crippen LogP contribution in [0.15, 0.2) is 12.2 Å². The summed E-state index contributed by atoms with van der Waals surface area (Å²) in [6, 6.07) is -0.593. The maximum atomic E-state index is 13.7. The average Bonchev–Trinajstić information content (AvgIpc) is 2.82. The second-order valence-electron chi connectivity index (χ2n) is 10.7. The Morgan fingerprint density at radius 3 is 1.97 bits per heavy atom. The highest BCUT2D eigenvalue weighted by Crippen LogP contribution is 2.53. The van der Waals surface area contributed by atoms with E-state index in [1.54, 1.807) is 26.8 Å². The van der Waals surface area contributed by atoms with Gasteiger partial charge in [0.25, 0.3) is 0 Å². The van der Waals surface area contributed by atoms with Crippen molar-refractivity contribution in [2.24, 2.45) is 0 Å². The fourth-order valence-electron chi connectivity index (χ4n) is 4.47. The third kappa shape index (κ3) is 12.7. The Kier molecular flexibility index (Phi) is 13.5. The van der Waals surface area contributed by atoms with Crippen LogP contribution in [0.25, 0.3) is 0 Å². The first-order chi connectivity index (χ1) is 17.1. The molecule has 0 aromatic carbocycles. The van der Waals surface area contributed by atoms with Gasteiger partial charge in [-0.2, -0.15) is 0 Å². The number of carbonyl (C=O) groups is 2. The molecule has 0 unspecified atom stereocenters. The summed E-state index contributed by atoms with van der Waals surface area (Å²) in [5.41, 5.74) is -0.572. The number of rotatable bonds is 13. The molecule has 2 aliphatic rings. The van der Waals surface area contributed by atoms with Crippen LogP contribution in [0.5, 0.6) is 0 Å². The largest absolute Gasteiger partial charge is 0.468 e. The van der Waals surface area contributed by atoms with Crippen LogP contribution in [-0.2, 0) is 27.9 Å². The van der Waals surface area contributed by atoms with Crippen molar-refractivity contribution in [3.8, 4) is 0 Å². The summed E-state index contributed by atoms with van der Waals surface area (Å²) in [5, 5.41) is 5.74. The minimum absolute atomic E-state index is 0.0106. The summed E-state index contributed by atoms with van der Waals surface area (Å²) in [6.45, 7) is 6.05. The zero-order valence-electron chi connectivity index (χ0n) is 22.6. The van der Waals surface area contributed by atoms with Crippen LogP contribution in [-0.4, -0.2) is 62.3 Å². The molecule has 9 nitrogen and oxygen atoms in total. The van der Waals surface area contributed by atoms with Gasteiger partial charge in [-0.3, -0.25) is 9.36 Å². The SMILES string of the molecule is COC(=O)[C@H](CC=CCP(=O)(OC1CCCCC1)OC1CCCCC1)NCCNC(=O)OC(C)(C)C. The van der Waals surface area contributed by atoms with Crippen LogP contribution in [0.2, 0.25) is 0 Å². The molecule has 36 heavy (non-hydrogen) atoms. The number of esters is 1. The highest BCUT2D eigenvalue weighted by atomic mass is 31.2. The van der Waals surface area contributed by atoms with E-state index in [0.717, 1.165) is 51.4 Å². The molecule has 1 amide bonds. The van der Waals surface area contributed by atoms with Gasteiger partial charge in [-0.05, 0) is 52.9 Å². The van der Waals surface area contributed by atoms with Gasteiger partial charge in [0.1, 0.15) is 11.6 Å². The number of nitrogens with one attached hydrogen (secondary N) is 2. The smallest absolute Gasteiger partial charge is 0.407 e. The zero-order chi connectivity index (χ0) is 26.4. The summed E-state index contributed by atoms with van der Waals surface area (Å²) in [5.74, 6) is -0.406. The predicted octanol–water partition coefficient (Wildman–Crippen LogP) is 5.48. The molecule has 1 atom stereocenters. The van der Waals surface area contributed by atoms with Gasteiger partial charge in [0.05, 0.1) is 25.5 Å². The molecule has 208 valence electrons. The van der Waals surface area contributed by atoms with Crippen molar-refractivity contribution in [1.29, 1.82) is 0 Å². The van der Waals surface area contributed by atoms with Gasteiger partial charge in [0.15, 0.2) is 0 Å². The van der Waals surface area contributed by atoms with Crippen molar-refractivity contribution >= 4 is 19.7 Å². The van der Waals surface area contributed by atoms with E-state index in [1.807, 2.05) is 6.08 Å². The van der Waals surface area contributed by atoms with Crippen LogP contribution in [0.4, 0.5) is 4.79 Å². The van der Waals surface area contributed by atoms with E-state index in [0.29, 0.717) is 19.5 Å². The van der Waals surface area contributed by atoms with Crippen LogP contribution in [0.1, 0.15) is 91.4 Å². The normalized spacial score (nSPS) is 19.2. The molecular formula is C26H47N2O7P. The maximum Gasteiger partial charge on any atom is 0.407 e. The van der Waals surface area contributed by atoms with E-state index in [2.05, 4.69) is 10.6 Å². The number of hydrogen-bond acceptors (Lipinski definition) is 8. The maximum absolute atomic E-state index is 13.7. The molecular weight excluding hydrogens is 483 g/mol. The van der Waals surface area contributed by atoms with Gasteiger partial charge >= 0.3 is 19.7 Å². The number of hydrogen-bond donors (Lipinski definition) is 2. The molecule has 0 bridgehead atoms. The zero-order valence-corrected chi connectivity index (χ0v) is 23.5. The molecule has 2 aliphatic carbocycles. The summed E-state index contributed by atoms with van der Waals surface area (Å²) in [4.78, 5) is 24.0. The summed E-state index contributed by atoms with van der Waals surface area (Å²) >= 11 is 0. The van der Waals surface area contributed by atoms with Crippen molar-refractivity contribution in [2.45, 2.75) is 115 Å². The van der Waals surface area contributed by atoms with Crippen molar-refractivity contribution in [3.05, 3.63) is 12.2 Å². The van der Waals surface area contributed by atoms with Crippen LogP contribution < -0.4 is 10.6 Å². The van der Waals surface area contributed by atoms with Crippen molar-refractivity contribution in [1.82, 2.24) is 10.6 Å². The fraction of sp³-hybridized carbons (Fsp3) is 0.846. The molecule has 2 saturated carbocycles. The Labute approximate surface area is 217 Å². The topological polar surface area (TPSA) is 112 Å². The summed E-state index contributed by atoms with van der Waals surface area (Å²) in [7, 11) is -1.95. The van der Waals surface area contributed by atoms with Crippen LogP contribution >= 0.6 is 7.60 Å². The molecule has 0 spiro atoms. The van der Waals surface area contributed by atoms with Crippen molar-refractivity contribution < 1.29 is 32.7 Å². The molecule has 2 fully saturated rings. The highest BCUT2D eigenvalue weighted by Gasteiger charge is 2.32. The molecule has 2 rings (SSSR count). The second-order valence-corrected chi connectivity index (χ2v) is 12.7. The first kappa shape index (κ1) is 30.8. The first-order valence-electron chi connectivity index (χ1n) is 13.5. The van der Waals surface area contributed by atoms with Gasteiger partial charge in [-0.1, -0.05) is 50.7 Å². The van der Waals surface area contributed by atoms with Gasteiger partial charge in [-0.25, -0.2) is 4.79 Å². The fourth-order valence-corrected chi connectivity index (χ4v) is 6.43. The Bertz CT molecular complexity index is 717. The first-order valence-corrected chi connectivity index (χ1v) is 15.2. The molecule has 0 heterocycles. The van der Waals surface area contributed by atoms with Crippen molar-refractivity contribution in [3.63, 3.8) is 0 Å². The number of methoxy groups -OCH3 is 1. The van der Waals surface area contributed by atoms with E-state index >= 15 is 0 Å². The lowest BCUT2D eigenvalue weighted by molar-refractivity contribution is -0.143. The Morgan fingerprint density at radius 1 is 0.917 bits per heavy atom. The standard InChI is InChI=1S/C26H47N2O7P/c1-26(2,3)33-25(30)28-19-18-27-23(24(29)32-4)17-11-12-20-36(31,34-21-13-7-5-8-14-21)35-22-15-9-6-10-16-22/h11-12,21-23,27H,5-10,13-20H2,1-4H3,(H,28,30)/t23-/m0/s1. The number of carbonyl (C=O) groups excluding carboxylic acids is 2. The lowest BCUT2D eigenvalue weighted by atomic mass is 9.98. The van der Waals surface area contributed by atoms with E-state index in [9.17, 15) is 14.2 Å². The van der Waals surface area contributed by atoms with Crippen LogP contribution in [0, 0.1) is 0 Å². The Morgan fingerprint density at radius 2 is 1.47 bits per heavy atom. The number of allylic oxidation sites excluding steroid dienone is 1. The van der Waals surface area contributed by atoms with Crippen LogP contribution in [0.3, 0.4) is 0 Å². The molecule has 0 aromatic rings. The molecule has 2 N–H and O–H groups in total. The average molecular weight is 531 g/mol. The molecule has 0 aliphatic heterocycles. The molecule has 0 saturated heterocycles. The minimum Gasteiger partial charge on any atom is -0.468 e. The third-order valence-electron chi connectivity index (χ3n) is 6.26. The number of ether oxygens (including phenoxy) is 2. The lowest BCUT2D eigenvalue weighted by Gasteiger charge is -2.30. The van der Waals surface area contributed by atoms with Crippen molar-refractivity contribution in [2.75, 3.05) is 26.4 Å². The lowest BCUT2D eigenvalue weighted by Crippen LogP contribution is -2.42. The number of alkyl carbamates (subject to hydrolysis) is 1. The van der Waals surface area contributed by atoms with E-state index in [1.165, 1.54) is 20.0 Å². The number of amides is 1. The predicted molar refractivity (Wildman–Crippen MR) is 140 cm³/mol. The summed E-state index contributed by atoms with van der Waals surface area (Å²) in [6.07, 6.45) is 14.1.